The molecule has 2 aromatic rings. The summed E-state index contributed by atoms with van der Waals surface area (Å²) >= 11 is 0. The first kappa shape index (κ1) is 15.7. The Labute approximate surface area is 123 Å². The number of aliphatic hydroxyl groups is 1. The van der Waals surface area contributed by atoms with Crippen LogP contribution >= 0.6 is 0 Å². The van der Waals surface area contributed by atoms with E-state index in [2.05, 4.69) is 4.74 Å². The maximum absolute atomic E-state index is 11.4. The number of carbonyl (C=O) groups is 1. The maximum Gasteiger partial charge on any atom is 0.419 e. The van der Waals surface area contributed by atoms with E-state index in [9.17, 15) is 24.8 Å². The van der Waals surface area contributed by atoms with Crippen LogP contribution < -0.4 is 5.76 Å². The number of nitrogens with zero attached hydrogens (tertiary/aromatic N) is 2. The number of esters is 1. The van der Waals surface area contributed by atoms with E-state index in [1.165, 1.54) is 17.7 Å². The normalized spacial score (nSPS) is 12.3. The molecule has 0 amide bonds. The van der Waals surface area contributed by atoms with Gasteiger partial charge in [0.15, 0.2) is 11.7 Å². The molecule has 0 saturated carbocycles. The van der Waals surface area contributed by atoms with E-state index >= 15 is 0 Å². The van der Waals surface area contributed by atoms with E-state index in [1.54, 1.807) is 6.92 Å². The summed E-state index contributed by atoms with van der Waals surface area (Å²) in [7, 11) is 1.45. The van der Waals surface area contributed by atoms with Crippen LogP contribution in [0.4, 0.5) is 5.69 Å². The van der Waals surface area contributed by atoms with Crippen molar-refractivity contribution in [2.45, 2.75) is 19.4 Å². The summed E-state index contributed by atoms with van der Waals surface area (Å²) in [5, 5.41) is 20.9. The number of ether oxygens (including phenoxy) is 1. The zero-order valence-electron chi connectivity index (χ0n) is 11.9. The highest BCUT2D eigenvalue weighted by atomic mass is 16.6. The van der Waals surface area contributed by atoms with Crippen molar-refractivity contribution in [1.82, 2.24) is 4.57 Å². The van der Waals surface area contributed by atoms with Crippen LogP contribution in [-0.4, -0.2) is 33.3 Å². The van der Waals surface area contributed by atoms with Gasteiger partial charge in [0.05, 0.1) is 23.1 Å². The fraction of sp³-hybridized carbons (Fsp3) is 0.385. The molecule has 9 nitrogen and oxygen atoms in total. The lowest BCUT2D eigenvalue weighted by atomic mass is 10.0. The molecular weight excluding hydrogens is 296 g/mol. The third-order valence-corrected chi connectivity index (χ3v) is 3.16. The fourth-order valence-corrected chi connectivity index (χ4v) is 2.07. The van der Waals surface area contributed by atoms with Crippen molar-refractivity contribution in [2.24, 2.45) is 7.05 Å². The summed E-state index contributed by atoms with van der Waals surface area (Å²) in [5.74, 6) is -1.52. The zero-order valence-corrected chi connectivity index (χ0v) is 11.9. The summed E-state index contributed by atoms with van der Waals surface area (Å²) in [6, 6.07) is 2.45. The molecule has 1 heterocycles. The highest BCUT2D eigenvalue weighted by Crippen LogP contribution is 2.26. The summed E-state index contributed by atoms with van der Waals surface area (Å²) < 4.78 is 10.7. The van der Waals surface area contributed by atoms with Gasteiger partial charge in [-0.1, -0.05) is 0 Å². The van der Waals surface area contributed by atoms with Crippen LogP contribution in [0.3, 0.4) is 0 Å². The van der Waals surface area contributed by atoms with Crippen molar-refractivity contribution in [3.63, 3.8) is 0 Å². The number of nitro benzene ring substituents is 1. The van der Waals surface area contributed by atoms with Gasteiger partial charge in [-0.05, 0) is 13.0 Å². The van der Waals surface area contributed by atoms with E-state index < -0.39 is 22.8 Å². The van der Waals surface area contributed by atoms with Gasteiger partial charge in [-0.15, -0.1) is 0 Å². The van der Waals surface area contributed by atoms with Crippen molar-refractivity contribution in [2.75, 3.05) is 6.61 Å². The lowest BCUT2D eigenvalue weighted by molar-refractivity contribution is -0.385. The van der Waals surface area contributed by atoms with Gasteiger partial charge in [-0.25, -0.2) is 9.59 Å². The predicted octanol–water partition coefficient (Wildman–Crippen LogP) is 0.506. The molecule has 1 unspecified atom stereocenters. The quantitative estimate of drug-likeness (QED) is 0.484. The topological polar surface area (TPSA) is 125 Å². The lowest BCUT2D eigenvalue weighted by Crippen LogP contribution is -2.25. The second-order valence-corrected chi connectivity index (χ2v) is 4.60. The zero-order chi connectivity index (χ0) is 16.4. The van der Waals surface area contributed by atoms with Crippen molar-refractivity contribution in [3.05, 3.63) is 38.4 Å². The Bertz CT molecular complexity index is 790. The molecule has 9 heteroatoms. The lowest BCUT2D eigenvalue weighted by Gasteiger charge is -2.10. The highest BCUT2D eigenvalue weighted by Gasteiger charge is 2.24. The molecule has 0 radical (unpaired) electrons. The average molecular weight is 310 g/mol. The molecule has 0 saturated heterocycles. The third kappa shape index (κ3) is 2.84. The molecule has 1 N–H and O–H groups in total. The molecule has 0 aliphatic carbocycles. The van der Waals surface area contributed by atoms with Gasteiger partial charge >= 0.3 is 11.7 Å². The number of nitro groups is 1. The molecule has 2 rings (SSSR count). The van der Waals surface area contributed by atoms with Crippen LogP contribution in [0.5, 0.6) is 0 Å². The molecule has 0 aliphatic heterocycles. The molecule has 1 aromatic carbocycles. The number of benzene rings is 1. The number of fused-ring (bicyclic) bond motifs is 1. The van der Waals surface area contributed by atoms with Gasteiger partial charge in [-0.2, -0.15) is 0 Å². The molecule has 22 heavy (non-hydrogen) atoms. The smallest absolute Gasteiger partial charge is 0.419 e. The first-order chi connectivity index (χ1) is 10.3. The van der Waals surface area contributed by atoms with Gasteiger partial charge in [-0.3, -0.25) is 14.7 Å². The SMILES string of the molecule is CCOC(=O)C(O)Cc1cc2c(cc1[N+](=O)[O-])oc(=O)n2C. The number of hydrogen-bond acceptors (Lipinski definition) is 7. The first-order valence-corrected chi connectivity index (χ1v) is 6.46. The summed E-state index contributed by atoms with van der Waals surface area (Å²) in [6.45, 7) is 1.67. The van der Waals surface area contributed by atoms with E-state index in [4.69, 9.17) is 4.42 Å². The molecule has 0 fully saturated rings. The Balaban J connectivity index is 2.48. The van der Waals surface area contributed by atoms with Crippen LogP contribution in [0.15, 0.2) is 21.3 Å². The van der Waals surface area contributed by atoms with Gasteiger partial charge in [0.25, 0.3) is 5.69 Å². The second kappa shape index (κ2) is 5.98. The fourth-order valence-electron chi connectivity index (χ4n) is 2.07. The molecular formula is C13H14N2O7. The molecule has 118 valence electrons. The summed E-state index contributed by atoms with van der Waals surface area (Å²) in [4.78, 5) is 33.3. The van der Waals surface area contributed by atoms with Crippen molar-refractivity contribution < 1.29 is 24.0 Å². The van der Waals surface area contributed by atoms with Crippen LogP contribution in [0.25, 0.3) is 11.1 Å². The van der Waals surface area contributed by atoms with Gasteiger partial charge in [0.1, 0.15) is 0 Å². The number of carbonyl (C=O) groups excluding carboxylic acids is 1. The Morgan fingerprint density at radius 1 is 1.55 bits per heavy atom. The average Bonchev–Trinajstić information content (AvgIpc) is 2.73. The van der Waals surface area contributed by atoms with Crippen LogP contribution in [0, 0.1) is 10.1 Å². The summed E-state index contributed by atoms with van der Waals surface area (Å²) in [5.41, 5.74) is 0.162. The minimum Gasteiger partial charge on any atom is -0.464 e. The Hall–Kier alpha value is -2.68. The van der Waals surface area contributed by atoms with Gasteiger partial charge < -0.3 is 14.3 Å². The number of rotatable bonds is 5. The monoisotopic (exact) mass is 310 g/mol. The molecule has 0 bridgehead atoms. The van der Waals surface area contributed by atoms with Crippen LogP contribution in [0.1, 0.15) is 12.5 Å². The number of aliphatic hydroxyl groups excluding tert-OH is 1. The second-order valence-electron chi connectivity index (χ2n) is 4.60. The van der Waals surface area contributed by atoms with E-state index in [1.807, 2.05) is 0 Å². The minimum atomic E-state index is -1.53. The Kier molecular flexibility index (Phi) is 4.27. The van der Waals surface area contributed by atoms with Gasteiger partial charge in [0, 0.05) is 19.0 Å². The first-order valence-electron chi connectivity index (χ1n) is 6.46. The van der Waals surface area contributed by atoms with E-state index in [0.29, 0.717) is 5.52 Å². The van der Waals surface area contributed by atoms with Gasteiger partial charge in [0.2, 0.25) is 0 Å². The van der Waals surface area contributed by atoms with Crippen molar-refractivity contribution in [1.29, 1.82) is 0 Å². The predicted molar refractivity (Wildman–Crippen MR) is 74.5 cm³/mol. The molecule has 0 aliphatic rings. The highest BCUT2D eigenvalue weighted by molar-refractivity contribution is 5.79. The Morgan fingerprint density at radius 2 is 2.23 bits per heavy atom. The van der Waals surface area contributed by atoms with E-state index in [0.717, 1.165) is 6.07 Å². The Morgan fingerprint density at radius 3 is 2.82 bits per heavy atom. The maximum atomic E-state index is 11.4. The van der Waals surface area contributed by atoms with Crippen molar-refractivity contribution >= 4 is 22.8 Å². The third-order valence-electron chi connectivity index (χ3n) is 3.16. The number of oxazole rings is 1. The standard InChI is InChI=1S/C13H14N2O7/c1-3-21-12(17)10(16)5-7-4-9-11(6-8(7)15(19)20)22-13(18)14(9)2/h4,6,10,16H,3,5H2,1-2H3. The molecule has 1 aromatic heterocycles. The minimum absolute atomic E-state index is 0.0635. The largest absolute Gasteiger partial charge is 0.464 e. The molecule has 1 atom stereocenters. The van der Waals surface area contributed by atoms with Crippen molar-refractivity contribution in [3.8, 4) is 0 Å². The van der Waals surface area contributed by atoms with Crippen LogP contribution in [0.2, 0.25) is 0 Å². The molecule has 0 spiro atoms. The van der Waals surface area contributed by atoms with E-state index in [-0.39, 0.29) is 29.9 Å². The number of aromatic nitrogens is 1. The number of aryl methyl sites for hydroxylation is 1. The van der Waals surface area contributed by atoms with Crippen LogP contribution in [-0.2, 0) is 23.0 Å². The summed E-state index contributed by atoms with van der Waals surface area (Å²) in [6.07, 6.45) is -1.83. The number of hydrogen-bond donors (Lipinski definition) is 1.